The Labute approximate surface area is 107 Å². The minimum atomic E-state index is 0.737. The highest BCUT2D eigenvalue weighted by molar-refractivity contribution is 7.99. The zero-order valence-corrected chi connectivity index (χ0v) is 12.5. The maximum absolute atomic E-state index is 3.62. The van der Waals surface area contributed by atoms with E-state index in [0.717, 1.165) is 17.8 Å². The first-order valence-corrected chi connectivity index (χ1v) is 8.14. The van der Waals surface area contributed by atoms with Crippen molar-refractivity contribution in [1.29, 1.82) is 0 Å². The molecule has 0 radical (unpaired) electrons. The fourth-order valence-electron chi connectivity index (χ4n) is 1.75. The molecular weight excluding hydrogens is 214 g/mol. The van der Waals surface area contributed by atoms with E-state index in [1.807, 2.05) is 0 Å². The lowest BCUT2D eigenvalue weighted by Crippen LogP contribution is -2.31. The summed E-state index contributed by atoms with van der Waals surface area (Å²) in [6.07, 6.45) is 8.19. The molecule has 1 nitrogen and oxygen atoms in total. The van der Waals surface area contributed by atoms with E-state index >= 15 is 0 Å². The van der Waals surface area contributed by atoms with Crippen LogP contribution in [0.5, 0.6) is 0 Å². The Bertz CT molecular complexity index is 139. The number of hydrogen-bond acceptors (Lipinski definition) is 2. The Morgan fingerprint density at radius 2 is 1.81 bits per heavy atom. The summed E-state index contributed by atoms with van der Waals surface area (Å²) in [7, 11) is 0. The number of thioether (sulfide) groups is 1. The second-order valence-electron chi connectivity index (χ2n) is 4.66. The largest absolute Gasteiger partial charge is 0.313 e. The molecule has 0 heterocycles. The lowest BCUT2D eigenvalue weighted by molar-refractivity contribution is 0.500. The van der Waals surface area contributed by atoms with Gasteiger partial charge in [0, 0.05) is 17.0 Å². The van der Waals surface area contributed by atoms with Crippen LogP contribution in [0.2, 0.25) is 0 Å². The lowest BCUT2D eigenvalue weighted by Gasteiger charge is -2.19. The normalized spacial score (nSPS) is 15.0. The van der Waals surface area contributed by atoms with E-state index < -0.39 is 0 Å². The fourth-order valence-corrected chi connectivity index (χ4v) is 2.83. The molecule has 0 aliphatic carbocycles. The first-order chi connectivity index (χ1) is 7.74. The van der Waals surface area contributed by atoms with Crippen molar-refractivity contribution < 1.29 is 0 Å². The highest BCUT2D eigenvalue weighted by Crippen LogP contribution is 2.17. The van der Waals surface area contributed by atoms with Gasteiger partial charge in [0.15, 0.2) is 0 Å². The Morgan fingerprint density at radius 1 is 1.06 bits per heavy atom. The average Bonchev–Trinajstić information content (AvgIpc) is 2.30. The SMILES string of the molecule is CCCCCCC(CSC(C)CC)NCC. The van der Waals surface area contributed by atoms with Gasteiger partial charge in [0.1, 0.15) is 0 Å². The van der Waals surface area contributed by atoms with E-state index in [1.165, 1.54) is 44.3 Å². The van der Waals surface area contributed by atoms with E-state index in [-0.39, 0.29) is 0 Å². The zero-order valence-electron chi connectivity index (χ0n) is 11.7. The van der Waals surface area contributed by atoms with E-state index in [2.05, 4.69) is 44.8 Å². The van der Waals surface area contributed by atoms with Crippen LogP contribution in [-0.2, 0) is 0 Å². The Balaban J connectivity index is 3.61. The smallest absolute Gasteiger partial charge is 0.0158 e. The Kier molecular flexibility index (Phi) is 12.0. The van der Waals surface area contributed by atoms with Crippen LogP contribution in [0.25, 0.3) is 0 Å². The van der Waals surface area contributed by atoms with E-state index in [4.69, 9.17) is 0 Å². The minimum absolute atomic E-state index is 0.737. The van der Waals surface area contributed by atoms with E-state index in [9.17, 15) is 0 Å². The third-order valence-corrected chi connectivity index (χ3v) is 4.55. The fraction of sp³-hybridized carbons (Fsp3) is 1.00. The second-order valence-corrected chi connectivity index (χ2v) is 6.13. The zero-order chi connectivity index (χ0) is 12.2. The van der Waals surface area contributed by atoms with Gasteiger partial charge in [-0.1, -0.05) is 53.4 Å². The first-order valence-electron chi connectivity index (χ1n) is 7.09. The molecule has 0 aromatic heterocycles. The van der Waals surface area contributed by atoms with Crippen molar-refractivity contribution in [2.75, 3.05) is 12.3 Å². The van der Waals surface area contributed by atoms with Gasteiger partial charge in [0.05, 0.1) is 0 Å². The summed E-state index contributed by atoms with van der Waals surface area (Å²) in [5.74, 6) is 1.29. The van der Waals surface area contributed by atoms with Crippen molar-refractivity contribution in [2.45, 2.75) is 77.5 Å². The average molecular weight is 245 g/mol. The highest BCUT2D eigenvalue weighted by atomic mass is 32.2. The number of hydrogen-bond donors (Lipinski definition) is 1. The Morgan fingerprint density at radius 3 is 2.38 bits per heavy atom. The van der Waals surface area contributed by atoms with Crippen LogP contribution < -0.4 is 5.32 Å². The summed E-state index contributed by atoms with van der Waals surface area (Å²) in [4.78, 5) is 0. The van der Waals surface area contributed by atoms with Crippen LogP contribution >= 0.6 is 11.8 Å². The molecule has 16 heavy (non-hydrogen) atoms. The van der Waals surface area contributed by atoms with Crippen molar-refractivity contribution in [1.82, 2.24) is 5.32 Å². The molecule has 0 saturated carbocycles. The van der Waals surface area contributed by atoms with Gasteiger partial charge in [-0.25, -0.2) is 0 Å². The maximum atomic E-state index is 3.62. The van der Waals surface area contributed by atoms with Gasteiger partial charge in [0.25, 0.3) is 0 Å². The molecule has 0 fully saturated rings. The summed E-state index contributed by atoms with van der Waals surface area (Å²) in [5, 5.41) is 4.43. The monoisotopic (exact) mass is 245 g/mol. The van der Waals surface area contributed by atoms with Crippen LogP contribution in [0.15, 0.2) is 0 Å². The van der Waals surface area contributed by atoms with Gasteiger partial charge >= 0.3 is 0 Å². The molecule has 0 spiro atoms. The van der Waals surface area contributed by atoms with Crippen LogP contribution in [0, 0.1) is 0 Å². The van der Waals surface area contributed by atoms with Crippen LogP contribution in [0.3, 0.4) is 0 Å². The molecule has 0 aromatic carbocycles. The summed E-state index contributed by atoms with van der Waals surface area (Å²) in [6.45, 7) is 10.2. The van der Waals surface area contributed by atoms with E-state index in [0.29, 0.717) is 0 Å². The van der Waals surface area contributed by atoms with Crippen molar-refractivity contribution in [2.24, 2.45) is 0 Å². The molecule has 2 heteroatoms. The van der Waals surface area contributed by atoms with Crippen LogP contribution in [-0.4, -0.2) is 23.6 Å². The molecule has 1 N–H and O–H groups in total. The summed E-state index contributed by atoms with van der Waals surface area (Å²) in [6, 6.07) is 0.737. The predicted octanol–water partition coefficient (Wildman–Crippen LogP) is 4.47. The van der Waals surface area contributed by atoms with Gasteiger partial charge in [-0.3, -0.25) is 0 Å². The van der Waals surface area contributed by atoms with Gasteiger partial charge in [-0.05, 0) is 19.4 Å². The number of nitrogens with one attached hydrogen (secondary N) is 1. The Hall–Kier alpha value is 0.310. The van der Waals surface area contributed by atoms with E-state index in [1.54, 1.807) is 0 Å². The molecule has 0 aromatic rings. The van der Waals surface area contributed by atoms with Gasteiger partial charge in [0.2, 0.25) is 0 Å². The molecule has 0 aliphatic heterocycles. The highest BCUT2D eigenvalue weighted by Gasteiger charge is 2.09. The van der Waals surface area contributed by atoms with Crippen LogP contribution in [0.1, 0.15) is 66.2 Å². The molecule has 0 rings (SSSR count). The molecular formula is C14H31NS. The number of unbranched alkanes of at least 4 members (excludes halogenated alkanes) is 3. The molecule has 0 aliphatic rings. The van der Waals surface area contributed by atoms with Crippen LogP contribution in [0.4, 0.5) is 0 Å². The summed E-state index contributed by atoms with van der Waals surface area (Å²) < 4.78 is 0. The predicted molar refractivity (Wildman–Crippen MR) is 78.4 cm³/mol. The van der Waals surface area contributed by atoms with Gasteiger partial charge in [-0.2, -0.15) is 11.8 Å². The van der Waals surface area contributed by atoms with Crippen molar-refractivity contribution in [3.05, 3.63) is 0 Å². The topological polar surface area (TPSA) is 12.0 Å². The number of rotatable bonds is 11. The minimum Gasteiger partial charge on any atom is -0.313 e. The quantitative estimate of drug-likeness (QED) is 0.539. The summed E-state index contributed by atoms with van der Waals surface area (Å²) in [5.41, 5.74) is 0. The molecule has 0 bridgehead atoms. The first kappa shape index (κ1) is 16.3. The van der Waals surface area contributed by atoms with Crippen molar-refractivity contribution in [3.63, 3.8) is 0 Å². The van der Waals surface area contributed by atoms with Gasteiger partial charge in [-0.15, -0.1) is 0 Å². The molecule has 0 saturated heterocycles. The molecule has 0 amide bonds. The van der Waals surface area contributed by atoms with Crippen molar-refractivity contribution in [3.8, 4) is 0 Å². The second kappa shape index (κ2) is 11.8. The molecule has 2 unspecified atom stereocenters. The maximum Gasteiger partial charge on any atom is 0.0158 e. The standard InChI is InChI=1S/C14H31NS/c1-5-8-9-10-11-14(15-7-3)12-16-13(4)6-2/h13-15H,5-12H2,1-4H3. The van der Waals surface area contributed by atoms with Crippen molar-refractivity contribution >= 4 is 11.8 Å². The molecule has 2 atom stereocenters. The third kappa shape index (κ3) is 9.53. The van der Waals surface area contributed by atoms with Gasteiger partial charge < -0.3 is 5.32 Å². The third-order valence-electron chi connectivity index (χ3n) is 3.06. The summed E-state index contributed by atoms with van der Waals surface area (Å²) >= 11 is 2.13. The lowest BCUT2D eigenvalue weighted by atomic mass is 10.1. The molecule has 98 valence electrons.